The molecule has 1 nitrogen and oxygen atoms in total. The van der Waals surface area contributed by atoms with Gasteiger partial charge in [-0.15, -0.1) is 0 Å². The Morgan fingerprint density at radius 3 is 2.50 bits per heavy atom. The van der Waals surface area contributed by atoms with Gasteiger partial charge in [-0.3, -0.25) is 0 Å². The van der Waals surface area contributed by atoms with E-state index in [1.807, 2.05) is 32.0 Å². The van der Waals surface area contributed by atoms with Gasteiger partial charge in [0.1, 0.15) is 5.75 Å². The Kier molecular flexibility index (Phi) is 2.99. The summed E-state index contributed by atoms with van der Waals surface area (Å²) in [5, 5.41) is 0.694. The van der Waals surface area contributed by atoms with E-state index in [0.29, 0.717) is 5.02 Å². The second-order valence-electron chi connectivity index (χ2n) is 2.82. The van der Waals surface area contributed by atoms with E-state index in [9.17, 15) is 0 Å². The first-order valence-electron chi connectivity index (χ1n) is 3.80. The molecule has 65 valence electrons. The van der Waals surface area contributed by atoms with Gasteiger partial charge in [0.25, 0.3) is 0 Å². The first-order valence-corrected chi connectivity index (χ1v) is 4.17. The van der Waals surface area contributed by atoms with Crippen molar-refractivity contribution in [3.63, 3.8) is 0 Å². The maximum Gasteiger partial charge on any atom is 0.137 e. The smallest absolute Gasteiger partial charge is 0.137 e. The molecule has 0 heterocycles. The van der Waals surface area contributed by atoms with Gasteiger partial charge in [-0.2, -0.15) is 0 Å². The van der Waals surface area contributed by atoms with Crippen LogP contribution < -0.4 is 4.74 Å². The fourth-order valence-corrected chi connectivity index (χ4v) is 1.45. The van der Waals surface area contributed by atoms with Crippen molar-refractivity contribution in [3.05, 3.63) is 34.7 Å². The first kappa shape index (κ1) is 9.40. The molecular weight excluding hydrogens is 172 g/mol. The Balaban J connectivity index is 3.14. The summed E-state index contributed by atoms with van der Waals surface area (Å²) in [4.78, 5) is 0. The molecule has 0 bridgehead atoms. The lowest BCUT2D eigenvalue weighted by Gasteiger charge is -2.10. The molecule has 0 aliphatic carbocycles. The van der Waals surface area contributed by atoms with Gasteiger partial charge in [-0.1, -0.05) is 37.6 Å². The van der Waals surface area contributed by atoms with Crippen LogP contribution in [0.5, 0.6) is 5.75 Å². The number of methoxy groups -OCH3 is 1. The van der Waals surface area contributed by atoms with Crippen molar-refractivity contribution in [3.8, 4) is 5.75 Å². The molecule has 12 heavy (non-hydrogen) atoms. The first-order chi connectivity index (χ1) is 5.66. The fraction of sp³-hybridized carbons (Fsp3) is 0.300. The van der Waals surface area contributed by atoms with Crippen LogP contribution in [0.3, 0.4) is 0 Å². The molecule has 0 amide bonds. The van der Waals surface area contributed by atoms with E-state index in [2.05, 4.69) is 0 Å². The normalized spacial score (nSPS) is 10.4. The Labute approximate surface area is 78.3 Å². The molecule has 0 saturated heterocycles. The van der Waals surface area contributed by atoms with Gasteiger partial charge in [0.15, 0.2) is 0 Å². The van der Waals surface area contributed by atoms with Crippen LogP contribution in [0.15, 0.2) is 18.2 Å². The molecule has 0 aliphatic rings. The lowest BCUT2D eigenvalue weighted by Crippen LogP contribution is -1.92. The highest BCUT2D eigenvalue weighted by molar-refractivity contribution is 6.33. The van der Waals surface area contributed by atoms with Crippen LogP contribution in [-0.4, -0.2) is 7.11 Å². The molecule has 0 saturated carbocycles. The van der Waals surface area contributed by atoms with Crippen molar-refractivity contribution in [1.82, 2.24) is 0 Å². The average molecular weight is 184 g/mol. The van der Waals surface area contributed by atoms with Crippen molar-refractivity contribution in [1.29, 1.82) is 0 Å². The predicted molar refractivity (Wildman–Crippen MR) is 51.7 cm³/mol. The van der Waals surface area contributed by atoms with Gasteiger partial charge in [-0.25, -0.2) is 0 Å². The van der Waals surface area contributed by atoms with Crippen molar-refractivity contribution in [2.75, 3.05) is 7.11 Å². The lowest BCUT2D eigenvalue weighted by atomic mass is 10.0. The summed E-state index contributed by atoms with van der Waals surface area (Å²) in [6, 6.07) is 5.78. The molecule has 0 N–H and O–H groups in total. The van der Waals surface area contributed by atoms with E-state index in [0.717, 1.165) is 11.3 Å². The quantitative estimate of drug-likeness (QED) is 0.684. The number of hydrogen-bond acceptors (Lipinski definition) is 1. The van der Waals surface area contributed by atoms with Crippen LogP contribution in [-0.2, 0) is 0 Å². The highest BCUT2D eigenvalue weighted by atomic mass is 35.5. The second kappa shape index (κ2) is 3.81. The van der Waals surface area contributed by atoms with Gasteiger partial charge >= 0.3 is 0 Å². The Morgan fingerprint density at radius 1 is 1.33 bits per heavy atom. The Hall–Kier alpha value is -0.690. The van der Waals surface area contributed by atoms with Crippen molar-refractivity contribution in [2.45, 2.75) is 13.8 Å². The molecule has 0 spiro atoms. The zero-order chi connectivity index (χ0) is 9.14. The fourth-order valence-electron chi connectivity index (χ4n) is 1.05. The minimum absolute atomic E-state index is 0.694. The molecule has 1 rings (SSSR count). The molecule has 0 aromatic heterocycles. The third-order valence-corrected chi connectivity index (χ3v) is 2.11. The van der Waals surface area contributed by atoms with E-state index in [-0.39, 0.29) is 0 Å². The summed E-state index contributed by atoms with van der Waals surface area (Å²) in [6.07, 6.45) is 0. The molecule has 0 aliphatic heterocycles. The highest BCUT2D eigenvalue weighted by Crippen LogP contribution is 2.31. The molecule has 1 aromatic carbocycles. The van der Waals surface area contributed by atoms with Gasteiger partial charge in [0.05, 0.1) is 12.1 Å². The monoisotopic (exact) mass is 183 g/mol. The number of rotatable bonds is 2. The lowest BCUT2D eigenvalue weighted by molar-refractivity contribution is 0.414. The molecule has 0 fully saturated rings. The predicted octanol–water partition coefficient (Wildman–Crippen LogP) is 3.31. The summed E-state index contributed by atoms with van der Waals surface area (Å²) < 4.78 is 5.09. The number of halogens is 1. The molecule has 2 heteroatoms. The number of ether oxygens (including phenoxy) is 1. The van der Waals surface area contributed by atoms with Crippen molar-refractivity contribution < 1.29 is 4.74 Å². The summed E-state index contributed by atoms with van der Waals surface area (Å²) >= 11 is 6.06. The zero-order valence-corrected chi connectivity index (χ0v) is 8.27. The summed E-state index contributed by atoms with van der Waals surface area (Å²) in [5.74, 6) is 1.93. The zero-order valence-electron chi connectivity index (χ0n) is 7.52. The third-order valence-electron chi connectivity index (χ3n) is 1.72. The molecule has 1 aromatic rings. The summed E-state index contributed by atoms with van der Waals surface area (Å²) in [7, 11) is 1.62. The van der Waals surface area contributed by atoms with Gasteiger partial charge in [0, 0.05) is 5.92 Å². The maximum absolute atomic E-state index is 6.06. The van der Waals surface area contributed by atoms with E-state index >= 15 is 0 Å². The highest BCUT2D eigenvalue weighted by Gasteiger charge is 2.08. The van der Waals surface area contributed by atoms with E-state index in [1.165, 1.54) is 5.92 Å². The van der Waals surface area contributed by atoms with Gasteiger partial charge in [0.2, 0.25) is 0 Å². The number of benzene rings is 1. The minimum Gasteiger partial charge on any atom is -0.495 e. The van der Waals surface area contributed by atoms with Crippen LogP contribution in [0.25, 0.3) is 0 Å². The molecule has 1 radical (unpaired) electrons. The van der Waals surface area contributed by atoms with E-state index in [4.69, 9.17) is 16.3 Å². The van der Waals surface area contributed by atoms with E-state index in [1.54, 1.807) is 7.11 Å². The van der Waals surface area contributed by atoms with Gasteiger partial charge < -0.3 is 4.74 Å². The van der Waals surface area contributed by atoms with Gasteiger partial charge in [-0.05, 0) is 11.6 Å². The van der Waals surface area contributed by atoms with Crippen LogP contribution in [0, 0.1) is 5.92 Å². The van der Waals surface area contributed by atoms with E-state index < -0.39 is 0 Å². The van der Waals surface area contributed by atoms with Crippen molar-refractivity contribution in [2.24, 2.45) is 0 Å². The second-order valence-corrected chi connectivity index (χ2v) is 3.20. The average Bonchev–Trinajstić information content (AvgIpc) is 2.04. The molecule has 0 unspecified atom stereocenters. The maximum atomic E-state index is 6.06. The molecule has 0 atom stereocenters. The summed E-state index contributed by atoms with van der Waals surface area (Å²) in [5.41, 5.74) is 1.05. The number of hydrogen-bond donors (Lipinski definition) is 0. The Bertz CT molecular complexity index is 269. The SMILES string of the molecule is COc1cccc([C](C)C)c1Cl. The van der Waals surface area contributed by atoms with Crippen LogP contribution in [0.2, 0.25) is 5.02 Å². The standard InChI is InChI=1S/C10H12ClO/c1-7(2)8-5-4-6-9(12-3)10(8)11/h4-6H,1-3H3. The largest absolute Gasteiger partial charge is 0.495 e. The van der Waals surface area contributed by atoms with Crippen molar-refractivity contribution >= 4 is 11.6 Å². The van der Waals surface area contributed by atoms with Crippen LogP contribution in [0.4, 0.5) is 0 Å². The summed E-state index contributed by atoms with van der Waals surface area (Å²) in [6.45, 7) is 4.06. The Morgan fingerprint density at radius 2 is 2.00 bits per heavy atom. The van der Waals surface area contributed by atoms with Crippen LogP contribution in [0.1, 0.15) is 19.4 Å². The van der Waals surface area contributed by atoms with Crippen LogP contribution >= 0.6 is 11.6 Å². The minimum atomic E-state index is 0.694. The molecular formula is C10H12ClO. The topological polar surface area (TPSA) is 9.23 Å². The third kappa shape index (κ3) is 1.72.